The van der Waals surface area contributed by atoms with Crippen molar-refractivity contribution in [3.05, 3.63) is 30.3 Å². The maximum atomic E-state index is 11.3. The van der Waals surface area contributed by atoms with Gasteiger partial charge in [0.1, 0.15) is 13.2 Å². The van der Waals surface area contributed by atoms with Crippen LogP contribution in [0.15, 0.2) is 30.3 Å². The van der Waals surface area contributed by atoms with Crippen molar-refractivity contribution in [2.45, 2.75) is 0 Å². The van der Waals surface area contributed by atoms with E-state index in [0.717, 1.165) is 0 Å². The third-order valence-corrected chi connectivity index (χ3v) is 1.74. The highest BCUT2D eigenvalue weighted by Crippen LogP contribution is 2.03. The van der Waals surface area contributed by atoms with Gasteiger partial charge in [0.25, 0.3) is 5.91 Å². The van der Waals surface area contributed by atoms with E-state index < -0.39 is 31.1 Å². The largest absolute Gasteiger partial charge is 0.480 e. The van der Waals surface area contributed by atoms with Crippen LogP contribution < -0.4 is 10.6 Å². The monoisotopic (exact) mass is 252 g/mol. The SMILES string of the molecule is O=C(O)COCC(=O)NC(=O)Nc1ccccc1. The Morgan fingerprint density at radius 1 is 1.11 bits per heavy atom. The van der Waals surface area contributed by atoms with Crippen LogP contribution >= 0.6 is 0 Å². The van der Waals surface area contributed by atoms with Gasteiger partial charge in [-0.15, -0.1) is 0 Å². The molecule has 0 aromatic heterocycles. The summed E-state index contributed by atoms with van der Waals surface area (Å²) in [6.45, 7) is -1.08. The lowest BCUT2D eigenvalue weighted by Gasteiger charge is -2.06. The van der Waals surface area contributed by atoms with Crippen LogP contribution in [-0.2, 0) is 14.3 Å². The van der Waals surface area contributed by atoms with Gasteiger partial charge in [-0.05, 0) is 12.1 Å². The number of benzene rings is 1. The summed E-state index contributed by atoms with van der Waals surface area (Å²) in [5.41, 5.74) is 0.536. The maximum Gasteiger partial charge on any atom is 0.329 e. The Kier molecular flexibility index (Phi) is 5.33. The molecular formula is C11H12N2O5. The molecule has 7 heteroatoms. The van der Waals surface area contributed by atoms with E-state index in [1.54, 1.807) is 30.3 Å². The zero-order chi connectivity index (χ0) is 13.4. The molecule has 18 heavy (non-hydrogen) atoms. The van der Waals surface area contributed by atoms with Crippen LogP contribution in [0.25, 0.3) is 0 Å². The van der Waals surface area contributed by atoms with Crippen LogP contribution in [-0.4, -0.2) is 36.2 Å². The summed E-state index contributed by atoms with van der Waals surface area (Å²) >= 11 is 0. The highest BCUT2D eigenvalue weighted by Gasteiger charge is 2.08. The number of nitrogens with one attached hydrogen (secondary N) is 2. The number of urea groups is 1. The zero-order valence-electron chi connectivity index (χ0n) is 9.38. The number of aliphatic carboxylic acids is 1. The number of hydrogen-bond acceptors (Lipinski definition) is 4. The molecule has 0 spiro atoms. The minimum atomic E-state index is -1.18. The number of hydrogen-bond donors (Lipinski definition) is 3. The van der Waals surface area contributed by atoms with Gasteiger partial charge in [0.05, 0.1) is 0 Å². The normalized spacial score (nSPS) is 9.56. The Morgan fingerprint density at radius 2 is 1.78 bits per heavy atom. The van der Waals surface area contributed by atoms with Gasteiger partial charge in [-0.25, -0.2) is 9.59 Å². The number of ether oxygens (including phenoxy) is 1. The fourth-order valence-corrected chi connectivity index (χ4v) is 1.08. The van der Waals surface area contributed by atoms with Crippen molar-refractivity contribution in [1.82, 2.24) is 5.32 Å². The lowest BCUT2D eigenvalue weighted by Crippen LogP contribution is -2.37. The first kappa shape index (κ1) is 13.7. The molecule has 0 saturated carbocycles. The van der Waals surface area contributed by atoms with Crippen molar-refractivity contribution >= 4 is 23.6 Å². The minimum absolute atomic E-state index is 0.492. The number of para-hydroxylation sites is 1. The molecule has 96 valence electrons. The molecule has 0 atom stereocenters. The topological polar surface area (TPSA) is 105 Å². The first-order valence-corrected chi connectivity index (χ1v) is 5.03. The molecule has 0 aliphatic rings. The second-order valence-electron chi connectivity index (χ2n) is 3.25. The van der Waals surface area contributed by atoms with Crippen molar-refractivity contribution in [2.75, 3.05) is 18.5 Å². The summed E-state index contributed by atoms with van der Waals surface area (Å²) in [6.07, 6.45) is 0. The molecule has 1 rings (SSSR count). The van der Waals surface area contributed by atoms with Gasteiger partial charge in [-0.2, -0.15) is 0 Å². The summed E-state index contributed by atoms with van der Waals surface area (Å²) in [5.74, 6) is -1.90. The van der Waals surface area contributed by atoms with Crippen LogP contribution in [0.2, 0.25) is 0 Å². The number of anilines is 1. The van der Waals surface area contributed by atoms with Crippen LogP contribution in [0.3, 0.4) is 0 Å². The average Bonchev–Trinajstić information content (AvgIpc) is 2.29. The van der Waals surface area contributed by atoms with E-state index in [1.165, 1.54) is 0 Å². The molecule has 1 aromatic rings. The van der Waals surface area contributed by atoms with E-state index in [-0.39, 0.29) is 0 Å². The quantitative estimate of drug-likeness (QED) is 0.705. The molecule has 0 radical (unpaired) electrons. The van der Waals surface area contributed by atoms with Gasteiger partial charge >= 0.3 is 12.0 Å². The number of carboxylic acids is 1. The number of rotatable bonds is 5. The van der Waals surface area contributed by atoms with E-state index in [2.05, 4.69) is 10.1 Å². The molecule has 3 amide bonds. The number of carbonyl (C=O) groups is 3. The lowest BCUT2D eigenvalue weighted by molar-refractivity contribution is -0.143. The maximum absolute atomic E-state index is 11.3. The van der Waals surface area contributed by atoms with Gasteiger partial charge in [-0.1, -0.05) is 18.2 Å². The number of carboxylic acid groups (broad SMARTS) is 1. The highest BCUT2D eigenvalue weighted by molar-refractivity contribution is 6.01. The van der Waals surface area contributed by atoms with Crippen LogP contribution in [0.1, 0.15) is 0 Å². The predicted molar refractivity (Wildman–Crippen MR) is 62.1 cm³/mol. The third-order valence-electron chi connectivity index (χ3n) is 1.74. The standard InChI is InChI=1S/C11H12N2O5/c14-9(6-18-7-10(15)16)13-11(17)12-8-4-2-1-3-5-8/h1-5H,6-7H2,(H,15,16)(H2,12,13,14,17). The Morgan fingerprint density at radius 3 is 2.39 bits per heavy atom. The molecule has 0 aliphatic heterocycles. The van der Waals surface area contributed by atoms with Gasteiger partial charge in [0.2, 0.25) is 0 Å². The fourth-order valence-electron chi connectivity index (χ4n) is 1.08. The molecule has 0 bridgehead atoms. The molecule has 0 saturated heterocycles. The van der Waals surface area contributed by atoms with Crippen molar-refractivity contribution in [2.24, 2.45) is 0 Å². The van der Waals surface area contributed by atoms with Crippen molar-refractivity contribution in [3.8, 4) is 0 Å². The Labute approximate surface area is 103 Å². The smallest absolute Gasteiger partial charge is 0.329 e. The van der Waals surface area contributed by atoms with Gasteiger partial charge < -0.3 is 15.2 Å². The molecule has 0 fully saturated rings. The zero-order valence-corrected chi connectivity index (χ0v) is 9.38. The van der Waals surface area contributed by atoms with Crippen molar-refractivity contribution in [3.63, 3.8) is 0 Å². The summed E-state index contributed by atoms with van der Waals surface area (Å²) in [7, 11) is 0. The van der Waals surface area contributed by atoms with E-state index in [0.29, 0.717) is 5.69 Å². The first-order chi connectivity index (χ1) is 8.58. The number of amides is 3. The molecule has 3 N–H and O–H groups in total. The van der Waals surface area contributed by atoms with Crippen LogP contribution in [0.4, 0.5) is 10.5 Å². The van der Waals surface area contributed by atoms with Gasteiger partial charge in [0.15, 0.2) is 0 Å². The van der Waals surface area contributed by atoms with E-state index in [4.69, 9.17) is 5.11 Å². The third kappa shape index (κ3) is 5.61. The molecular weight excluding hydrogens is 240 g/mol. The van der Waals surface area contributed by atoms with E-state index in [1.807, 2.05) is 5.32 Å². The summed E-state index contributed by atoms with van der Waals surface area (Å²) < 4.78 is 4.52. The first-order valence-electron chi connectivity index (χ1n) is 5.03. The number of imide groups is 1. The van der Waals surface area contributed by atoms with Gasteiger partial charge in [-0.3, -0.25) is 10.1 Å². The molecule has 7 nitrogen and oxygen atoms in total. The second kappa shape index (κ2) is 7.02. The number of carbonyl (C=O) groups excluding carboxylic acids is 2. The lowest BCUT2D eigenvalue weighted by atomic mass is 10.3. The fraction of sp³-hybridized carbons (Fsp3) is 0.182. The van der Waals surface area contributed by atoms with Gasteiger partial charge in [0, 0.05) is 5.69 Å². The molecule has 0 aliphatic carbocycles. The molecule has 1 aromatic carbocycles. The molecule has 0 heterocycles. The minimum Gasteiger partial charge on any atom is -0.480 e. The Hall–Kier alpha value is -2.41. The van der Waals surface area contributed by atoms with Crippen LogP contribution in [0.5, 0.6) is 0 Å². The van der Waals surface area contributed by atoms with Crippen molar-refractivity contribution < 1.29 is 24.2 Å². The van der Waals surface area contributed by atoms with E-state index >= 15 is 0 Å². The molecule has 0 unspecified atom stereocenters. The predicted octanol–water partition coefficient (Wildman–Crippen LogP) is 0.436. The van der Waals surface area contributed by atoms with E-state index in [9.17, 15) is 14.4 Å². The Bertz CT molecular complexity index is 432. The summed E-state index contributed by atoms with van der Waals surface area (Å²) in [6, 6.07) is 7.86. The highest BCUT2D eigenvalue weighted by atomic mass is 16.5. The Balaban J connectivity index is 2.27. The second-order valence-corrected chi connectivity index (χ2v) is 3.25. The average molecular weight is 252 g/mol. The summed E-state index contributed by atoms with van der Waals surface area (Å²) in [5, 5.41) is 12.7. The summed E-state index contributed by atoms with van der Waals surface area (Å²) in [4.78, 5) is 32.5. The van der Waals surface area contributed by atoms with Crippen molar-refractivity contribution in [1.29, 1.82) is 0 Å². The van der Waals surface area contributed by atoms with Crippen LogP contribution in [0, 0.1) is 0 Å².